The van der Waals surface area contributed by atoms with Gasteiger partial charge in [-0.3, -0.25) is 14.5 Å². The second kappa shape index (κ2) is 7.76. The van der Waals surface area contributed by atoms with Gasteiger partial charge in [-0.15, -0.1) is 0 Å². The molecule has 0 aromatic heterocycles. The van der Waals surface area contributed by atoms with Gasteiger partial charge in [0.2, 0.25) is 11.8 Å². The zero-order chi connectivity index (χ0) is 16.8. The fraction of sp³-hybridized carbons (Fsp3) is 0.471. The number of urea groups is 1. The number of hydrogen-bond donors (Lipinski definition) is 2. The first-order valence-electron chi connectivity index (χ1n) is 7.95. The summed E-state index contributed by atoms with van der Waals surface area (Å²) in [4.78, 5) is 36.6. The molecule has 2 rings (SSSR count). The molecule has 2 atom stereocenters. The Hall–Kier alpha value is -2.37. The first kappa shape index (κ1) is 17.0. The SMILES string of the molecule is CC[C@H](C)[C@H](C(=O)NCCN1C(=O)CNC1=O)c1ccccc1. The Labute approximate surface area is 136 Å². The van der Waals surface area contributed by atoms with Crippen LogP contribution >= 0.6 is 0 Å². The van der Waals surface area contributed by atoms with Gasteiger partial charge < -0.3 is 10.6 Å². The van der Waals surface area contributed by atoms with Crippen LogP contribution in [-0.4, -0.2) is 42.4 Å². The minimum absolute atomic E-state index is 0.0340. The van der Waals surface area contributed by atoms with Gasteiger partial charge in [0.05, 0.1) is 12.5 Å². The normalized spacial score (nSPS) is 16.9. The first-order chi connectivity index (χ1) is 11.0. The van der Waals surface area contributed by atoms with E-state index in [1.807, 2.05) is 30.3 Å². The standard InChI is InChI=1S/C17H23N3O3/c1-3-12(2)15(13-7-5-4-6-8-13)16(22)18-9-10-20-14(21)11-19-17(20)23/h4-8,12,15H,3,9-11H2,1-2H3,(H,18,22)(H,19,23)/t12-,15-/m0/s1. The largest absolute Gasteiger partial charge is 0.354 e. The minimum Gasteiger partial charge on any atom is -0.354 e. The summed E-state index contributed by atoms with van der Waals surface area (Å²) < 4.78 is 0. The summed E-state index contributed by atoms with van der Waals surface area (Å²) in [5, 5.41) is 5.31. The van der Waals surface area contributed by atoms with Crippen LogP contribution in [0.4, 0.5) is 4.79 Å². The molecule has 0 radical (unpaired) electrons. The van der Waals surface area contributed by atoms with Gasteiger partial charge in [-0.05, 0) is 11.5 Å². The summed E-state index contributed by atoms with van der Waals surface area (Å²) in [6.07, 6.45) is 0.889. The van der Waals surface area contributed by atoms with Crippen LogP contribution in [0.5, 0.6) is 0 Å². The van der Waals surface area contributed by atoms with Crippen LogP contribution in [0.3, 0.4) is 0 Å². The van der Waals surface area contributed by atoms with Crippen LogP contribution in [0, 0.1) is 5.92 Å². The molecule has 1 aromatic rings. The topological polar surface area (TPSA) is 78.5 Å². The van der Waals surface area contributed by atoms with E-state index in [4.69, 9.17) is 0 Å². The molecule has 1 heterocycles. The highest BCUT2D eigenvalue weighted by atomic mass is 16.2. The maximum atomic E-state index is 12.6. The fourth-order valence-corrected chi connectivity index (χ4v) is 2.72. The third kappa shape index (κ3) is 4.09. The monoisotopic (exact) mass is 317 g/mol. The third-order valence-corrected chi connectivity index (χ3v) is 4.23. The fourth-order valence-electron chi connectivity index (χ4n) is 2.72. The number of nitrogens with one attached hydrogen (secondary N) is 2. The lowest BCUT2D eigenvalue weighted by molar-refractivity contribution is -0.126. The highest BCUT2D eigenvalue weighted by Gasteiger charge is 2.29. The molecule has 1 saturated heterocycles. The predicted octanol–water partition coefficient (Wildman–Crippen LogP) is 1.48. The van der Waals surface area contributed by atoms with Crippen LogP contribution in [0.2, 0.25) is 0 Å². The average Bonchev–Trinajstić information content (AvgIpc) is 2.87. The molecule has 6 nitrogen and oxygen atoms in total. The summed E-state index contributed by atoms with van der Waals surface area (Å²) in [5.74, 6) is -0.359. The molecule has 0 saturated carbocycles. The first-order valence-corrected chi connectivity index (χ1v) is 7.95. The molecule has 6 heteroatoms. The summed E-state index contributed by atoms with van der Waals surface area (Å²) >= 11 is 0. The molecule has 1 aromatic carbocycles. The lowest BCUT2D eigenvalue weighted by Gasteiger charge is -2.23. The van der Waals surface area contributed by atoms with Crippen molar-refractivity contribution in [3.8, 4) is 0 Å². The van der Waals surface area contributed by atoms with Crippen LogP contribution in [-0.2, 0) is 9.59 Å². The number of amides is 4. The zero-order valence-corrected chi connectivity index (χ0v) is 13.5. The number of nitrogens with zero attached hydrogens (tertiary/aromatic N) is 1. The second-order valence-corrected chi connectivity index (χ2v) is 5.77. The van der Waals surface area contributed by atoms with Crippen molar-refractivity contribution in [3.63, 3.8) is 0 Å². The van der Waals surface area contributed by atoms with Crippen LogP contribution in [0.1, 0.15) is 31.7 Å². The smallest absolute Gasteiger partial charge is 0.324 e. The Kier molecular flexibility index (Phi) is 5.73. The van der Waals surface area contributed by atoms with E-state index in [0.717, 1.165) is 16.9 Å². The number of imide groups is 1. The van der Waals surface area contributed by atoms with Crippen molar-refractivity contribution in [2.75, 3.05) is 19.6 Å². The maximum Gasteiger partial charge on any atom is 0.324 e. The van der Waals surface area contributed by atoms with Crippen molar-refractivity contribution in [2.45, 2.75) is 26.2 Å². The number of rotatable bonds is 7. The number of carbonyl (C=O) groups is 3. The number of carbonyl (C=O) groups excluding carboxylic acids is 3. The van der Waals surface area contributed by atoms with Gasteiger partial charge in [0.25, 0.3) is 0 Å². The molecule has 0 aliphatic carbocycles. The molecule has 1 fully saturated rings. The second-order valence-electron chi connectivity index (χ2n) is 5.77. The van der Waals surface area contributed by atoms with Crippen LogP contribution < -0.4 is 10.6 Å². The van der Waals surface area contributed by atoms with E-state index in [-0.39, 0.29) is 43.3 Å². The molecule has 2 N–H and O–H groups in total. The summed E-state index contributed by atoms with van der Waals surface area (Å²) in [5.41, 5.74) is 0.981. The highest BCUT2D eigenvalue weighted by Crippen LogP contribution is 2.27. The van der Waals surface area contributed by atoms with Crippen molar-refractivity contribution in [1.29, 1.82) is 0 Å². The Morgan fingerprint density at radius 2 is 2.00 bits per heavy atom. The molecule has 4 amide bonds. The highest BCUT2D eigenvalue weighted by molar-refractivity contribution is 6.01. The Morgan fingerprint density at radius 1 is 1.30 bits per heavy atom. The van der Waals surface area contributed by atoms with Crippen molar-refractivity contribution < 1.29 is 14.4 Å². The molecule has 0 bridgehead atoms. The zero-order valence-electron chi connectivity index (χ0n) is 13.5. The molecule has 0 spiro atoms. The molecular weight excluding hydrogens is 294 g/mol. The van der Waals surface area contributed by atoms with E-state index in [0.29, 0.717) is 0 Å². The Bertz CT molecular complexity index is 558. The van der Waals surface area contributed by atoms with Gasteiger partial charge in [0.15, 0.2) is 0 Å². The predicted molar refractivity (Wildman–Crippen MR) is 86.8 cm³/mol. The number of benzene rings is 1. The van der Waals surface area contributed by atoms with E-state index in [1.54, 1.807) is 0 Å². The van der Waals surface area contributed by atoms with Crippen LogP contribution in [0.25, 0.3) is 0 Å². The van der Waals surface area contributed by atoms with Gasteiger partial charge in [0.1, 0.15) is 0 Å². The van der Waals surface area contributed by atoms with E-state index >= 15 is 0 Å². The minimum atomic E-state index is -0.397. The maximum absolute atomic E-state index is 12.6. The molecule has 1 aliphatic heterocycles. The quantitative estimate of drug-likeness (QED) is 0.748. The third-order valence-electron chi connectivity index (χ3n) is 4.23. The summed E-state index contributed by atoms with van der Waals surface area (Å²) in [6.45, 7) is 4.60. The van der Waals surface area contributed by atoms with E-state index < -0.39 is 6.03 Å². The van der Waals surface area contributed by atoms with E-state index in [2.05, 4.69) is 24.5 Å². The summed E-state index contributed by atoms with van der Waals surface area (Å²) in [7, 11) is 0. The molecular formula is C17H23N3O3. The Balaban J connectivity index is 1.96. The van der Waals surface area contributed by atoms with Gasteiger partial charge in [-0.2, -0.15) is 0 Å². The van der Waals surface area contributed by atoms with Crippen molar-refractivity contribution in [3.05, 3.63) is 35.9 Å². The van der Waals surface area contributed by atoms with Crippen molar-refractivity contribution >= 4 is 17.8 Å². The van der Waals surface area contributed by atoms with Gasteiger partial charge in [-0.25, -0.2) is 4.79 Å². The van der Waals surface area contributed by atoms with E-state index in [9.17, 15) is 14.4 Å². The van der Waals surface area contributed by atoms with Crippen molar-refractivity contribution in [1.82, 2.24) is 15.5 Å². The van der Waals surface area contributed by atoms with Crippen LogP contribution in [0.15, 0.2) is 30.3 Å². The molecule has 1 aliphatic rings. The molecule has 124 valence electrons. The molecule has 23 heavy (non-hydrogen) atoms. The lowest BCUT2D eigenvalue weighted by Crippen LogP contribution is -2.40. The molecule has 0 unspecified atom stereocenters. The Morgan fingerprint density at radius 3 is 2.57 bits per heavy atom. The van der Waals surface area contributed by atoms with Crippen molar-refractivity contribution in [2.24, 2.45) is 5.92 Å². The van der Waals surface area contributed by atoms with Gasteiger partial charge in [0, 0.05) is 13.1 Å². The number of hydrogen-bond acceptors (Lipinski definition) is 3. The van der Waals surface area contributed by atoms with E-state index in [1.165, 1.54) is 0 Å². The average molecular weight is 317 g/mol. The van der Waals surface area contributed by atoms with Gasteiger partial charge >= 0.3 is 6.03 Å². The van der Waals surface area contributed by atoms with Gasteiger partial charge in [-0.1, -0.05) is 50.6 Å². The summed E-state index contributed by atoms with van der Waals surface area (Å²) in [6, 6.07) is 9.27. The lowest BCUT2D eigenvalue weighted by atomic mass is 9.85.